The summed E-state index contributed by atoms with van der Waals surface area (Å²) in [6.45, 7) is 0.855. The molecule has 0 heterocycles. The molecule has 16 heavy (non-hydrogen) atoms. The zero-order valence-electron chi connectivity index (χ0n) is 8.82. The highest BCUT2D eigenvalue weighted by atomic mass is 79.9. The van der Waals surface area contributed by atoms with Gasteiger partial charge in [-0.05, 0) is 24.1 Å². The molecular weight excluding hydrogens is 272 g/mol. The molecule has 0 aliphatic rings. The first kappa shape index (κ1) is 13.0. The molecule has 0 saturated heterocycles. The Hall–Kier alpha value is -1.07. The van der Waals surface area contributed by atoms with E-state index in [1.54, 1.807) is 0 Å². The van der Waals surface area contributed by atoms with Gasteiger partial charge in [0.2, 0.25) is 0 Å². The van der Waals surface area contributed by atoms with Crippen LogP contribution >= 0.6 is 15.9 Å². The van der Waals surface area contributed by atoms with E-state index >= 15 is 0 Å². The van der Waals surface area contributed by atoms with Crippen molar-refractivity contribution >= 4 is 27.6 Å². The van der Waals surface area contributed by atoms with E-state index < -0.39 is 12.0 Å². The molecule has 0 radical (unpaired) electrons. The molecule has 4 nitrogen and oxygen atoms in total. The summed E-state index contributed by atoms with van der Waals surface area (Å²) < 4.78 is 0. The van der Waals surface area contributed by atoms with Gasteiger partial charge in [0.25, 0.3) is 0 Å². The molecule has 0 unspecified atom stereocenters. The fraction of sp³-hybridized carbons (Fsp3) is 0.364. The number of nitrogens with two attached hydrogens (primary N) is 1. The molecule has 0 bridgehead atoms. The Bertz CT molecular complexity index is 340. The van der Waals surface area contributed by atoms with Crippen LogP contribution in [0.4, 0.5) is 5.69 Å². The Balaban J connectivity index is 2.54. The third-order valence-electron chi connectivity index (χ3n) is 2.15. The monoisotopic (exact) mass is 286 g/mol. The van der Waals surface area contributed by atoms with E-state index in [1.807, 2.05) is 24.3 Å². The Morgan fingerprint density at radius 2 is 2.06 bits per heavy atom. The molecule has 0 aromatic heterocycles. The van der Waals surface area contributed by atoms with Crippen LogP contribution in [0.2, 0.25) is 0 Å². The van der Waals surface area contributed by atoms with Gasteiger partial charge < -0.3 is 16.2 Å². The Morgan fingerprint density at radius 1 is 1.44 bits per heavy atom. The van der Waals surface area contributed by atoms with E-state index in [0.717, 1.165) is 23.1 Å². The standard InChI is InChI=1S/C11H15BrN2O2/c12-5-6-14-9-3-1-8(2-4-9)7-10(13)11(15)16/h1-4,10,14H,5-7,13H2,(H,15,16)/t10-/m0/s1. The van der Waals surface area contributed by atoms with Gasteiger partial charge in [-0.2, -0.15) is 0 Å². The molecule has 5 heteroatoms. The number of hydrogen-bond donors (Lipinski definition) is 3. The van der Waals surface area contributed by atoms with Gasteiger partial charge in [0, 0.05) is 17.6 Å². The van der Waals surface area contributed by atoms with Crippen LogP contribution in [-0.2, 0) is 11.2 Å². The topological polar surface area (TPSA) is 75.3 Å². The van der Waals surface area contributed by atoms with Crippen molar-refractivity contribution in [2.45, 2.75) is 12.5 Å². The van der Waals surface area contributed by atoms with Crippen molar-refractivity contribution in [3.8, 4) is 0 Å². The van der Waals surface area contributed by atoms with Crippen LogP contribution in [0.15, 0.2) is 24.3 Å². The summed E-state index contributed by atoms with van der Waals surface area (Å²) in [6.07, 6.45) is 0.355. The fourth-order valence-electron chi connectivity index (χ4n) is 1.29. The minimum absolute atomic E-state index is 0.355. The molecule has 0 amide bonds. The summed E-state index contributed by atoms with van der Waals surface area (Å²) in [6, 6.07) is 6.79. The smallest absolute Gasteiger partial charge is 0.320 e. The number of rotatable bonds is 6. The number of carbonyl (C=O) groups is 1. The Kier molecular flexibility index (Phi) is 5.28. The van der Waals surface area contributed by atoms with Gasteiger partial charge in [-0.25, -0.2) is 0 Å². The Morgan fingerprint density at radius 3 is 2.56 bits per heavy atom. The highest BCUT2D eigenvalue weighted by Gasteiger charge is 2.11. The zero-order chi connectivity index (χ0) is 12.0. The lowest BCUT2D eigenvalue weighted by Gasteiger charge is -2.08. The number of carboxylic acid groups (broad SMARTS) is 1. The predicted molar refractivity (Wildman–Crippen MR) is 68.0 cm³/mol. The van der Waals surface area contributed by atoms with Crippen molar-refractivity contribution in [2.24, 2.45) is 5.73 Å². The molecule has 0 fully saturated rings. The second kappa shape index (κ2) is 6.50. The second-order valence-electron chi connectivity index (χ2n) is 3.46. The summed E-state index contributed by atoms with van der Waals surface area (Å²) in [5.74, 6) is -0.971. The third-order valence-corrected chi connectivity index (χ3v) is 2.55. The lowest BCUT2D eigenvalue weighted by molar-refractivity contribution is -0.138. The molecule has 1 aromatic rings. The average Bonchev–Trinajstić information content (AvgIpc) is 2.28. The summed E-state index contributed by atoms with van der Waals surface area (Å²) in [5.41, 5.74) is 7.40. The maximum absolute atomic E-state index is 10.6. The van der Waals surface area contributed by atoms with Crippen LogP contribution in [-0.4, -0.2) is 29.0 Å². The number of carboxylic acids is 1. The highest BCUT2D eigenvalue weighted by Crippen LogP contribution is 2.10. The van der Waals surface area contributed by atoms with Gasteiger partial charge in [0.1, 0.15) is 6.04 Å². The van der Waals surface area contributed by atoms with E-state index in [9.17, 15) is 4.79 Å². The van der Waals surface area contributed by atoms with E-state index in [1.165, 1.54) is 0 Å². The van der Waals surface area contributed by atoms with Crippen molar-refractivity contribution in [1.29, 1.82) is 0 Å². The first-order valence-electron chi connectivity index (χ1n) is 5.00. The molecule has 0 aliphatic heterocycles. The molecule has 0 saturated carbocycles. The van der Waals surface area contributed by atoms with E-state index in [0.29, 0.717) is 6.42 Å². The van der Waals surface area contributed by atoms with E-state index in [4.69, 9.17) is 10.8 Å². The van der Waals surface area contributed by atoms with Gasteiger partial charge >= 0.3 is 5.97 Å². The molecule has 1 aromatic carbocycles. The lowest BCUT2D eigenvalue weighted by Crippen LogP contribution is -2.32. The van der Waals surface area contributed by atoms with Crippen molar-refractivity contribution in [2.75, 3.05) is 17.2 Å². The summed E-state index contributed by atoms with van der Waals surface area (Å²) in [5, 5.41) is 12.8. The number of hydrogen-bond acceptors (Lipinski definition) is 3. The number of nitrogens with one attached hydrogen (secondary N) is 1. The molecule has 0 aliphatic carbocycles. The molecule has 0 spiro atoms. The van der Waals surface area contributed by atoms with Gasteiger partial charge in [0.05, 0.1) is 0 Å². The average molecular weight is 287 g/mol. The van der Waals surface area contributed by atoms with Crippen LogP contribution in [0.1, 0.15) is 5.56 Å². The van der Waals surface area contributed by atoms with E-state index in [-0.39, 0.29) is 0 Å². The van der Waals surface area contributed by atoms with Crippen molar-refractivity contribution in [1.82, 2.24) is 0 Å². The van der Waals surface area contributed by atoms with Crippen LogP contribution in [0.25, 0.3) is 0 Å². The third kappa shape index (κ3) is 4.20. The quantitative estimate of drug-likeness (QED) is 0.692. The molecule has 1 rings (SSSR count). The maximum Gasteiger partial charge on any atom is 0.320 e. The van der Waals surface area contributed by atoms with Gasteiger partial charge in [-0.15, -0.1) is 0 Å². The van der Waals surface area contributed by atoms with Crippen LogP contribution in [0.5, 0.6) is 0 Å². The summed E-state index contributed by atoms with van der Waals surface area (Å²) in [7, 11) is 0. The van der Waals surface area contributed by atoms with Gasteiger partial charge in [0.15, 0.2) is 0 Å². The first-order valence-corrected chi connectivity index (χ1v) is 6.13. The largest absolute Gasteiger partial charge is 0.480 e. The number of benzene rings is 1. The van der Waals surface area contributed by atoms with Crippen LogP contribution in [0, 0.1) is 0 Å². The second-order valence-corrected chi connectivity index (χ2v) is 4.25. The van der Waals surface area contributed by atoms with Crippen molar-refractivity contribution < 1.29 is 9.90 Å². The highest BCUT2D eigenvalue weighted by molar-refractivity contribution is 9.09. The minimum atomic E-state index is -0.971. The number of alkyl halides is 1. The van der Waals surface area contributed by atoms with Gasteiger partial charge in [-0.1, -0.05) is 28.1 Å². The van der Waals surface area contributed by atoms with Crippen molar-refractivity contribution in [3.05, 3.63) is 29.8 Å². The lowest BCUT2D eigenvalue weighted by atomic mass is 10.1. The molecular formula is C11H15BrN2O2. The Labute approximate surface area is 103 Å². The predicted octanol–water partition coefficient (Wildman–Crippen LogP) is 1.45. The SMILES string of the molecule is N[C@@H](Cc1ccc(NCCBr)cc1)C(=O)O. The molecule has 4 N–H and O–H groups in total. The fourth-order valence-corrected chi connectivity index (χ4v) is 1.49. The number of anilines is 1. The minimum Gasteiger partial charge on any atom is -0.480 e. The zero-order valence-corrected chi connectivity index (χ0v) is 10.4. The summed E-state index contributed by atoms with van der Waals surface area (Å²) in [4.78, 5) is 10.6. The first-order chi connectivity index (χ1) is 7.63. The number of aliphatic carboxylic acids is 1. The van der Waals surface area contributed by atoms with Crippen LogP contribution in [0.3, 0.4) is 0 Å². The normalized spacial score (nSPS) is 12.1. The van der Waals surface area contributed by atoms with Crippen LogP contribution < -0.4 is 11.1 Å². The molecule has 88 valence electrons. The van der Waals surface area contributed by atoms with Crippen molar-refractivity contribution in [3.63, 3.8) is 0 Å². The number of halogens is 1. The summed E-state index contributed by atoms with van der Waals surface area (Å²) >= 11 is 3.33. The molecule has 1 atom stereocenters. The van der Waals surface area contributed by atoms with E-state index in [2.05, 4.69) is 21.2 Å². The maximum atomic E-state index is 10.6. The van der Waals surface area contributed by atoms with Gasteiger partial charge in [-0.3, -0.25) is 4.79 Å².